The number of nitrogens with two attached hydrogens (primary N) is 1. The number of aryl methyl sites for hydroxylation is 1. The number of methoxy groups -OCH3 is 4. The van der Waals surface area contributed by atoms with Crippen molar-refractivity contribution in [3.8, 4) is 23.0 Å². The van der Waals surface area contributed by atoms with Gasteiger partial charge in [-0.25, -0.2) is 9.78 Å². The molecular weight excluding hydrogens is 672 g/mol. The summed E-state index contributed by atoms with van der Waals surface area (Å²) in [7, 11) is 6.58. The van der Waals surface area contributed by atoms with Crippen LogP contribution in [0.25, 0.3) is 17.1 Å². The molecule has 2 aromatic heterocycles. The summed E-state index contributed by atoms with van der Waals surface area (Å²) in [5.74, 6) is 4.66. The van der Waals surface area contributed by atoms with E-state index in [0.717, 1.165) is 64.1 Å². The van der Waals surface area contributed by atoms with Crippen LogP contribution in [0.1, 0.15) is 67.4 Å². The first-order chi connectivity index (χ1) is 25.7. The monoisotopic (exact) mass is 722 g/mol. The second-order valence-electron chi connectivity index (χ2n) is 13.1. The second kappa shape index (κ2) is 18.1. The first kappa shape index (κ1) is 38.5. The minimum absolute atomic E-state index is 0.113. The molecule has 3 aromatic carbocycles. The predicted molar refractivity (Wildman–Crippen MR) is 207 cm³/mol. The number of imidazole rings is 1. The van der Waals surface area contributed by atoms with Crippen LogP contribution in [0.2, 0.25) is 0 Å². The van der Waals surface area contributed by atoms with Gasteiger partial charge in [0.25, 0.3) is 0 Å². The zero-order chi connectivity index (χ0) is 37.9. The van der Waals surface area contributed by atoms with Crippen LogP contribution >= 0.6 is 0 Å². The van der Waals surface area contributed by atoms with Gasteiger partial charge in [-0.2, -0.15) is 0 Å². The normalized spacial score (nSPS) is 11.3. The first-order valence-corrected chi connectivity index (χ1v) is 17.8. The lowest BCUT2D eigenvalue weighted by Gasteiger charge is -2.26. The number of allylic oxidation sites excluding steroid dienone is 1. The van der Waals surface area contributed by atoms with Crippen molar-refractivity contribution >= 4 is 29.0 Å². The lowest BCUT2D eigenvalue weighted by atomic mass is 10.1. The van der Waals surface area contributed by atoms with E-state index in [1.54, 1.807) is 28.4 Å². The van der Waals surface area contributed by atoms with Gasteiger partial charge in [0.1, 0.15) is 52.2 Å². The molecule has 0 saturated carbocycles. The molecule has 5 aromatic rings. The average Bonchev–Trinajstić information content (AvgIpc) is 3.53. The molecule has 0 radical (unpaired) electrons. The number of amides is 1. The van der Waals surface area contributed by atoms with Crippen molar-refractivity contribution in [2.75, 3.05) is 33.3 Å². The zero-order valence-corrected chi connectivity index (χ0v) is 31.7. The minimum atomic E-state index is -0.802. The maximum Gasteiger partial charge on any atom is 0.404 e. The van der Waals surface area contributed by atoms with Gasteiger partial charge in [-0.05, 0) is 53.8 Å². The number of hydrogen-bond acceptors (Lipinski definition) is 10. The Labute approximate surface area is 311 Å². The van der Waals surface area contributed by atoms with Crippen LogP contribution in [-0.4, -0.2) is 54.3 Å². The van der Waals surface area contributed by atoms with Gasteiger partial charge in [0, 0.05) is 49.3 Å². The predicted octanol–water partition coefficient (Wildman–Crippen LogP) is 7.72. The quantitative estimate of drug-likeness (QED) is 0.0957. The van der Waals surface area contributed by atoms with E-state index in [9.17, 15) is 4.79 Å². The summed E-state index contributed by atoms with van der Waals surface area (Å²) < 4.78 is 29.9. The van der Waals surface area contributed by atoms with Gasteiger partial charge in [-0.3, -0.25) is 0 Å². The lowest BCUT2D eigenvalue weighted by molar-refractivity contribution is 0.150. The molecule has 0 atom stereocenters. The first-order valence-electron chi connectivity index (χ1n) is 17.8. The molecule has 0 aliphatic carbocycles. The zero-order valence-electron chi connectivity index (χ0n) is 31.7. The summed E-state index contributed by atoms with van der Waals surface area (Å²) in [6.45, 7) is 7.97. The molecule has 0 bridgehead atoms. The number of nitrogens with zero attached hydrogens (tertiary/aromatic N) is 5. The standard InChI is InChI=1S/C41H50N6O6/c1-8-9-10-37-43-38-39(47(37)23-28-12-14-29(15-13-28)26-53-41(42)48)34(20-11-27(2)3)44-45-40(38)46(24-30-16-18-32(49-4)21-35(30)51-6)25-31-17-19-33(50-5)22-36(31)52-7/h11-22,27H,8-10,23-26H2,1-7H3,(H2,42,48)/b20-11+. The van der Waals surface area contributed by atoms with Crippen molar-refractivity contribution in [3.63, 3.8) is 0 Å². The Balaban J connectivity index is 1.70. The number of benzene rings is 3. The van der Waals surface area contributed by atoms with Gasteiger partial charge in [0.05, 0.1) is 28.4 Å². The summed E-state index contributed by atoms with van der Waals surface area (Å²) in [5, 5.41) is 9.78. The number of fused-ring (bicyclic) bond motifs is 1. The van der Waals surface area contributed by atoms with Gasteiger partial charge < -0.3 is 38.9 Å². The summed E-state index contributed by atoms with van der Waals surface area (Å²) >= 11 is 0. The second-order valence-corrected chi connectivity index (χ2v) is 13.1. The third kappa shape index (κ3) is 9.56. The van der Waals surface area contributed by atoms with Crippen LogP contribution < -0.4 is 29.6 Å². The number of anilines is 1. The average molecular weight is 723 g/mol. The van der Waals surface area contributed by atoms with E-state index in [0.29, 0.717) is 54.4 Å². The summed E-state index contributed by atoms with van der Waals surface area (Å²) in [5.41, 5.74) is 11.4. The Morgan fingerprint density at radius 1 is 0.849 bits per heavy atom. The molecule has 12 nitrogen and oxygen atoms in total. The summed E-state index contributed by atoms with van der Waals surface area (Å²) in [6, 6.07) is 19.6. The molecule has 5 rings (SSSR count). The Kier molecular flexibility index (Phi) is 13.1. The highest BCUT2D eigenvalue weighted by molar-refractivity contribution is 5.92. The smallest absolute Gasteiger partial charge is 0.404 e. The number of aromatic nitrogens is 4. The van der Waals surface area contributed by atoms with Crippen molar-refractivity contribution < 1.29 is 28.5 Å². The number of carbonyl (C=O) groups excluding carboxylic acids is 1. The highest BCUT2D eigenvalue weighted by atomic mass is 16.5. The highest BCUT2D eigenvalue weighted by Gasteiger charge is 2.25. The van der Waals surface area contributed by atoms with E-state index >= 15 is 0 Å². The number of rotatable bonds is 18. The van der Waals surface area contributed by atoms with Gasteiger partial charge in [-0.15, -0.1) is 10.2 Å². The Morgan fingerprint density at radius 2 is 1.45 bits per heavy atom. The van der Waals surface area contributed by atoms with Crippen LogP contribution in [-0.2, 0) is 37.4 Å². The number of ether oxygens (including phenoxy) is 5. The molecule has 0 aliphatic rings. The lowest BCUT2D eigenvalue weighted by Crippen LogP contribution is -2.25. The van der Waals surface area contributed by atoms with E-state index < -0.39 is 6.09 Å². The molecule has 0 saturated heterocycles. The van der Waals surface area contributed by atoms with Crippen molar-refractivity contribution in [1.29, 1.82) is 0 Å². The molecule has 280 valence electrons. The third-order valence-electron chi connectivity index (χ3n) is 8.90. The van der Waals surface area contributed by atoms with Crippen LogP contribution in [0.5, 0.6) is 23.0 Å². The van der Waals surface area contributed by atoms with Crippen molar-refractivity contribution in [2.45, 2.75) is 66.3 Å². The minimum Gasteiger partial charge on any atom is -0.497 e. The fraction of sp³-hybridized carbons (Fsp3) is 0.366. The van der Waals surface area contributed by atoms with Crippen molar-refractivity contribution in [3.05, 3.63) is 101 Å². The molecule has 1 amide bonds. The van der Waals surface area contributed by atoms with E-state index in [1.165, 1.54) is 0 Å². The maximum atomic E-state index is 11.2. The molecule has 12 heteroatoms. The number of hydrogen-bond donors (Lipinski definition) is 1. The Hall–Kier alpha value is -5.78. The van der Waals surface area contributed by atoms with Crippen LogP contribution in [0, 0.1) is 5.92 Å². The van der Waals surface area contributed by atoms with Gasteiger partial charge >= 0.3 is 6.09 Å². The Morgan fingerprint density at radius 3 is 1.98 bits per heavy atom. The largest absolute Gasteiger partial charge is 0.497 e. The van der Waals surface area contributed by atoms with E-state index in [-0.39, 0.29) is 6.61 Å². The van der Waals surface area contributed by atoms with Gasteiger partial charge in [-0.1, -0.05) is 57.5 Å². The molecule has 0 spiro atoms. The molecule has 0 unspecified atom stereocenters. The van der Waals surface area contributed by atoms with Gasteiger partial charge in [0.2, 0.25) is 0 Å². The highest BCUT2D eigenvalue weighted by Crippen LogP contribution is 2.35. The SMILES string of the molecule is CCCCc1nc2c(N(Cc3ccc(OC)cc3OC)Cc3ccc(OC)cc3OC)nnc(/C=C/C(C)C)c2n1Cc1ccc(COC(N)=O)cc1. The van der Waals surface area contributed by atoms with E-state index in [4.69, 9.17) is 44.6 Å². The molecular formula is C41H50N6O6. The molecule has 53 heavy (non-hydrogen) atoms. The van der Waals surface area contributed by atoms with Crippen LogP contribution in [0.15, 0.2) is 66.7 Å². The molecule has 2 N–H and O–H groups in total. The van der Waals surface area contributed by atoms with Gasteiger partial charge in [0.15, 0.2) is 5.82 Å². The van der Waals surface area contributed by atoms with Crippen LogP contribution in [0.3, 0.4) is 0 Å². The number of unbranched alkanes of at least 4 members (excludes halogenated alkanes) is 1. The number of primary amides is 1. The van der Waals surface area contributed by atoms with Crippen LogP contribution in [0.4, 0.5) is 10.6 Å². The van der Waals surface area contributed by atoms with E-state index in [1.807, 2.05) is 66.7 Å². The fourth-order valence-electron chi connectivity index (χ4n) is 6.08. The van der Waals surface area contributed by atoms with E-state index in [2.05, 4.69) is 36.3 Å². The number of carbonyl (C=O) groups is 1. The van der Waals surface area contributed by atoms with Crippen molar-refractivity contribution in [1.82, 2.24) is 19.7 Å². The third-order valence-corrected chi connectivity index (χ3v) is 8.90. The summed E-state index contributed by atoms with van der Waals surface area (Å²) in [6.07, 6.45) is 6.13. The molecule has 2 heterocycles. The Bertz CT molecular complexity index is 1970. The van der Waals surface area contributed by atoms with Crippen molar-refractivity contribution in [2.24, 2.45) is 11.7 Å². The maximum absolute atomic E-state index is 11.2. The summed E-state index contributed by atoms with van der Waals surface area (Å²) in [4.78, 5) is 18.7. The fourth-order valence-corrected chi connectivity index (χ4v) is 6.08. The topological polar surface area (TPSA) is 136 Å². The molecule has 0 aliphatic heterocycles. The molecule has 0 fully saturated rings.